The number of rotatable bonds is 74. The van der Waals surface area contributed by atoms with Crippen LogP contribution in [0.3, 0.4) is 0 Å². The number of carbonyl (C=O) groups excluding carboxylic acids is 1. The normalized spacial score (nSPS) is 13.9. The van der Waals surface area contributed by atoms with E-state index in [-0.39, 0.29) is 19.1 Å². The van der Waals surface area contributed by atoms with Crippen LogP contribution in [0.2, 0.25) is 0 Å². The van der Waals surface area contributed by atoms with Crippen LogP contribution in [0, 0.1) is 0 Å². The molecule has 0 saturated carbocycles. The fourth-order valence-electron chi connectivity index (χ4n) is 12.0. The van der Waals surface area contributed by atoms with Crippen molar-refractivity contribution in [2.75, 3.05) is 40.9 Å². The second kappa shape index (κ2) is 72.9. The largest absolute Gasteiger partial charge is 0.472 e. The quantitative estimate of drug-likeness (QED) is 0.0243. The first kappa shape index (κ1) is 89.7. The number of carbonyl (C=O) groups is 1. The lowest BCUT2D eigenvalue weighted by Gasteiger charge is -2.25. The smallest absolute Gasteiger partial charge is 0.387 e. The van der Waals surface area contributed by atoms with E-state index in [0.717, 1.165) is 70.6 Å². The second-order valence-corrected chi connectivity index (χ2v) is 29.8. The highest BCUT2D eigenvalue weighted by Crippen LogP contribution is 2.43. The number of likely N-dealkylation sites (N-methyl/N-ethyl adjacent to an activating group) is 1. The summed E-state index contributed by atoms with van der Waals surface area (Å²) in [6.45, 7) is 4.72. The van der Waals surface area contributed by atoms with Crippen LogP contribution in [-0.4, -0.2) is 73.4 Å². The fraction of sp³-hybridized carbons (Fsp3) is 0.819. The maximum Gasteiger partial charge on any atom is 0.472 e. The van der Waals surface area contributed by atoms with Crippen LogP contribution in [0.4, 0.5) is 0 Å². The van der Waals surface area contributed by atoms with Crippen LogP contribution in [-0.2, 0) is 18.4 Å². The molecule has 8 nitrogen and oxygen atoms in total. The minimum Gasteiger partial charge on any atom is -0.387 e. The number of aliphatic hydroxyl groups is 1. The van der Waals surface area contributed by atoms with Gasteiger partial charge < -0.3 is 19.8 Å². The van der Waals surface area contributed by atoms with Gasteiger partial charge in [0.1, 0.15) is 13.2 Å². The van der Waals surface area contributed by atoms with Crippen LogP contribution >= 0.6 is 7.82 Å². The third-order valence-corrected chi connectivity index (χ3v) is 19.1. The van der Waals surface area contributed by atoms with Crippen molar-refractivity contribution in [2.45, 2.75) is 398 Å². The zero-order valence-electron chi connectivity index (χ0n) is 61.8. The maximum absolute atomic E-state index is 13.1. The third kappa shape index (κ3) is 75.1. The van der Waals surface area contributed by atoms with E-state index < -0.39 is 20.0 Å². The molecule has 9 heteroatoms. The zero-order chi connectivity index (χ0) is 66.9. The molecule has 0 aromatic rings. The first-order valence-corrected chi connectivity index (χ1v) is 41.5. The van der Waals surface area contributed by atoms with Crippen LogP contribution < -0.4 is 5.32 Å². The number of phosphoric acid groups is 1. The lowest BCUT2D eigenvalue weighted by molar-refractivity contribution is -0.870. The summed E-state index contributed by atoms with van der Waals surface area (Å²) in [4.78, 5) is 23.5. The van der Waals surface area contributed by atoms with Gasteiger partial charge in [-0.15, -0.1) is 0 Å². The summed E-state index contributed by atoms with van der Waals surface area (Å²) >= 11 is 0. The van der Waals surface area contributed by atoms with Gasteiger partial charge in [0.25, 0.3) is 0 Å². The monoisotopic (exact) mass is 1310 g/mol. The minimum absolute atomic E-state index is 0.0535. The van der Waals surface area contributed by atoms with Crippen LogP contribution in [0.1, 0.15) is 386 Å². The number of phosphoric ester groups is 1. The van der Waals surface area contributed by atoms with Crippen LogP contribution in [0.5, 0.6) is 0 Å². The highest BCUT2D eigenvalue weighted by atomic mass is 31.2. The Hall–Kier alpha value is -2.32. The molecule has 3 atom stereocenters. The van der Waals surface area contributed by atoms with Crippen molar-refractivity contribution in [1.29, 1.82) is 0 Å². The standard InChI is InChI=1S/C83H155N2O6P/c1-6-8-10-12-14-16-18-20-22-24-26-28-30-32-34-36-37-38-39-40-41-42-43-44-45-46-47-49-51-53-55-57-59-61-63-65-67-69-71-73-75-77-83(87)84-81(80-91-92(88,89)90-79-78-85(3,4)5)82(86)76-74-72-70-68-66-64-62-60-58-56-54-52-50-48-35-33-31-29-27-25-23-21-19-17-15-13-11-9-7-2/h8,10,14,16,20,22,26,28,58,60,66,68,74,76,81-82,86H,6-7,9,11-13,15,17-19,21,23-25,27,29-57,59,61-65,67,69-73,75,77-80H2,1-5H3,(H-,84,87,88,89)/p+1/b10-8-,16-14-,22-20-,28-26-,60-58+,68-66+,76-74+. The summed E-state index contributed by atoms with van der Waals surface area (Å²) in [6.07, 6.45) is 105. The molecule has 1 amide bonds. The van der Waals surface area contributed by atoms with Crippen molar-refractivity contribution in [1.82, 2.24) is 5.32 Å². The molecule has 0 aliphatic carbocycles. The van der Waals surface area contributed by atoms with Crippen LogP contribution in [0.15, 0.2) is 85.1 Å². The van der Waals surface area contributed by atoms with E-state index in [0.29, 0.717) is 17.4 Å². The van der Waals surface area contributed by atoms with Gasteiger partial charge in [-0.25, -0.2) is 4.57 Å². The summed E-state index contributed by atoms with van der Waals surface area (Å²) in [7, 11) is 1.56. The molecular formula is C83H156N2O6P+. The van der Waals surface area contributed by atoms with E-state index in [4.69, 9.17) is 9.05 Å². The lowest BCUT2D eigenvalue weighted by Crippen LogP contribution is -2.45. The van der Waals surface area contributed by atoms with Crippen molar-refractivity contribution in [3.63, 3.8) is 0 Å². The Morgan fingerprint density at radius 3 is 1.00 bits per heavy atom. The average molecular weight is 1310 g/mol. The van der Waals surface area contributed by atoms with E-state index in [9.17, 15) is 19.4 Å². The number of hydrogen-bond acceptors (Lipinski definition) is 5. The summed E-state index contributed by atoms with van der Waals surface area (Å²) in [6, 6.07) is -0.873. The molecular weight excluding hydrogens is 1150 g/mol. The van der Waals surface area contributed by atoms with Gasteiger partial charge in [-0.05, 0) is 83.5 Å². The molecule has 92 heavy (non-hydrogen) atoms. The Morgan fingerprint density at radius 2 is 0.663 bits per heavy atom. The highest BCUT2D eigenvalue weighted by molar-refractivity contribution is 7.47. The molecule has 0 bridgehead atoms. The predicted octanol–water partition coefficient (Wildman–Crippen LogP) is 26.2. The van der Waals surface area contributed by atoms with Crippen molar-refractivity contribution in [3.05, 3.63) is 85.1 Å². The number of unbranched alkanes of at least 4 members (excludes halogenated alkanes) is 49. The first-order chi connectivity index (χ1) is 45.0. The van der Waals surface area contributed by atoms with Gasteiger partial charge in [0.15, 0.2) is 0 Å². The summed E-state index contributed by atoms with van der Waals surface area (Å²) in [5, 5.41) is 14.0. The zero-order valence-corrected chi connectivity index (χ0v) is 62.7. The minimum atomic E-state index is -4.37. The van der Waals surface area contributed by atoms with Crippen LogP contribution in [0.25, 0.3) is 0 Å². The van der Waals surface area contributed by atoms with Gasteiger partial charge in [0.2, 0.25) is 5.91 Å². The Bertz CT molecular complexity index is 1780. The molecule has 0 saturated heterocycles. The van der Waals surface area contributed by atoms with Gasteiger partial charge in [-0.1, -0.05) is 381 Å². The molecule has 0 radical (unpaired) electrons. The topological polar surface area (TPSA) is 105 Å². The van der Waals surface area contributed by atoms with Crippen molar-refractivity contribution in [3.8, 4) is 0 Å². The molecule has 0 rings (SSSR count). The van der Waals surface area contributed by atoms with E-state index in [1.165, 1.54) is 295 Å². The molecule has 0 heterocycles. The predicted molar refractivity (Wildman–Crippen MR) is 406 cm³/mol. The first-order valence-electron chi connectivity index (χ1n) is 40.0. The SMILES string of the molecule is CC/C=C\C/C=C\C/C=C\C/C=C\CCCCCCCCCCCCCCCCCCCCCCCCCCCCCCC(=O)NC(COP(=O)(O)OCC[N+](C)(C)C)C(O)/C=C/CC/C=C/CC/C=C/CCCCCCCCCCCCCCCCCCCCC. The summed E-state index contributed by atoms with van der Waals surface area (Å²) in [5.41, 5.74) is 0. The molecule has 0 aromatic carbocycles. The highest BCUT2D eigenvalue weighted by Gasteiger charge is 2.28. The number of allylic oxidation sites excluding steroid dienone is 13. The Kier molecular flexibility index (Phi) is 71.1. The van der Waals surface area contributed by atoms with Gasteiger partial charge in [-0.2, -0.15) is 0 Å². The van der Waals surface area contributed by atoms with E-state index in [1.54, 1.807) is 6.08 Å². The molecule has 3 N–H and O–H groups in total. The van der Waals surface area contributed by atoms with Gasteiger partial charge in [-0.3, -0.25) is 13.8 Å². The Labute approximate surface area is 573 Å². The lowest BCUT2D eigenvalue weighted by atomic mass is 10.0. The van der Waals surface area contributed by atoms with E-state index >= 15 is 0 Å². The molecule has 0 spiro atoms. The van der Waals surface area contributed by atoms with Crippen molar-refractivity contribution >= 4 is 13.7 Å². The fourth-order valence-corrected chi connectivity index (χ4v) is 12.7. The number of nitrogens with zero attached hydrogens (tertiary/aromatic N) is 1. The third-order valence-electron chi connectivity index (χ3n) is 18.1. The van der Waals surface area contributed by atoms with Gasteiger partial charge in [0, 0.05) is 6.42 Å². The molecule has 0 aliphatic heterocycles. The molecule has 0 aliphatic rings. The van der Waals surface area contributed by atoms with Gasteiger partial charge in [0.05, 0.1) is 39.9 Å². The molecule has 0 aromatic heterocycles. The molecule has 0 fully saturated rings. The number of amides is 1. The Morgan fingerprint density at radius 1 is 0.380 bits per heavy atom. The average Bonchev–Trinajstić information content (AvgIpc) is 2.63. The summed E-state index contributed by atoms with van der Waals surface area (Å²) in [5.74, 6) is -0.184. The molecule has 3 unspecified atom stereocenters. The Balaban J connectivity index is 3.97. The van der Waals surface area contributed by atoms with E-state index in [1.807, 2.05) is 27.2 Å². The van der Waals surface area contributed by atoms with E-state index in [2.05, 4.69) is 92.1 Å². The number of nitrogens with one attached hydrogen (secondary N) is 1. The van der Waals surface area contributed by atoms with Crippen molar-refractivity contribution < 1.29 is 32.9 Å². The summed E-state index contributed by atoms with van der Waals surface area (Å²) < 4.78 is 23.8. The van der Waals surface area contributed by atoms with Crippen molar-refractivity contribution in [2.24, 2.45) is 0 Å². The van der Waals surface area contributed by atoms with Gasteiger partial charge >= 0.3 is 7.82 Å². The number of hydrogen-bond donors (Lipinski definition) is 3. The number of quaternary nitrogens is 1. The maximum atomic E-state index is 13.1. The number of aliphatic hydroxyl groups excluding tert-OH is 1. The molecule has 538 valence electrons. The second-order valence-electron chi connectivity index (χ2n) is 28.4.